The van der Waals surface area contributed by atoms with Gasteiger partial charge in [0.1, 0.15) is 36.1 Å². The molecule has 1 saturated heterocycles. The lowest BCUT2D eigenvalue weighted by Crippen LogP contribution is -2.30. The van der Waals surface area contributed by atoms with E-state index in [4.69, 9.17) is 54.9 Å². The number of hydrogen-bond acceptors (Lipinski definition) is 18. The highest BCUT2D eigenvalue weighted by atomic mass is 33.1. The van der Waals surface area contributed by atoms with Gasteiger partial charge in [-0.25, -0.2) is 28.5 Å². The van der Waals surface area contributed by atoms with E-state index in [9.17, 15) is 28.3 Å². The quantitative estimate of drug-likeness (QED) is 0.0268. The van der Waals surface area contributed by atoms with Crippen LogP contribution in [-0.4, -0.2) is 115 Å². The summed E-state index contributed by atoms with van der Waals surface area (Å²) in [7, 11) is -12.2. The molecule has 324 valence electrons. The Hall–Kier alpha value is -1.23. The maximum atomic E-state index is 12.4. The summed E-state index contributed by atoms with van der Waals surface area (Å²) in [4.78, 5) is 57.7. The average Bonchev–Trinajstić information content (AvgIpc) is 3.70. The largest absolute Gasteiger partial charge is 0.490 e. The molecule has 0 saturated carbocycles. The van der Waals surface area contributed by atoms with Crippen LogP contribution in [0.4, 0.5) is 10.6 Å². The number of anilines is 1. The molecular weight excluding hydrogens is 896 g/mol. The Balaban J connectivity index is 1.57. The van der Waals surface area contributed by atoms with Crippen LogP contribution in [0.2, 0.25) is 0 Å². The van der Waals surface area contributed by atoms with Crippen LogP contribution in [-0.2, 0) is 71.2 Å². The van der Waals surface area contributed by atoms with Crippen molar-refractivity contribution in [2.24, 2.45) is 0 Å². The molecule has 28 heteroatoms. The zero-order valence-corrected chi connectivity index (χ0v) is 37.4. The van der Waals surface area contributed by atoms with Crippen molar-refractivity contribution in [1.82, 2.24) is 19.9 Å². The van der Waals surface area contributed by atoms with Gasteiger partial charge in [0.05, 0.1) is 42.8 Å². The van der Waals surface area contributed by atoms with E-state index in [-0.39, 0.29) is 36.1 Å². The topological polar surface area (TPSA) is 292 Å². The number of phosphoric acid groups is 3. The molecule has 3 unspecified atom stereocenters. The minimum atomic E-state index is -5.73. The third-order valence-corrected chi connectivity index (χ3v) is 16.3. The minimum Gasteiger partial charge on any atom is -0.450 e. The van der Waals surface area contributed by atoms with Crippen molar-refractivity contribution in [2.75, 3.05) is 63.4 Å². The Bertz CT molecular complexity index is 1860. The number of nitrogen functional groups attached to an aromatic ring is 1. The van der Waals surface area contributed by atoms with Gasteiger partial charge in [-0.05, 0) is 50.1 Å². The van der Waals surface area contributed by atoms with Crippen LogP contribution in [0.5, 0.6) is 0 Å². The van der Waals surface area contributed by atoms with Crippen LogP contribution in [0.1, 0.15) is 58.2 Å². The predicted molar refractivity (Wildman–Crippen MR) is 217 cm³/mol. The SMILES string of the molecule is CCS(=S)CO[C@H]1C[C@H](n2cc(C#CCNC(=O)OCCCCOCSSC(C)(C)CCOC)c3c(N)ncnc32)O[C@@H]1COP(=O)(O)OP(=O)(O)OP(=O)(O)O. The number of carbonyl (C=O) groups is 1. The Morgan fingerprint density at radius 3 is 2.60 bits per heavy atom. The molecule has 1 fully saturated rings. The number of fused-ring (bicyclic) bond motifs is 1. The van der Waals surface area contributed by atoms with E-state index < -0.39 is 64.1 Å². The molecule has 3 rings (SSSR count). The van der Waals surface area contributed by atoms with Crippen molar-refractivity contribution in [1.29, 1.82) is 0 Å². The average molecular weight is 944 g/mol. The van der Waals surface area contributed by atoms with E-state index in [1.807, 2.05) is 6.92 Å². The lowest BCUT2D eigenvalue weighted by molar-refractivity contribution is -0.0522. The summed E-state index contributed by atoms with van der Waals surface area (Å²) in [5.41, 5.74) is 6.91. The summed E-state index contributed by atoms with van der Waals surface area (Å²) in [6.07, 6.45) is 1.87. The molecule has 0 spiro atoms. The number of amides is 1. The van der Waals surface area contributed by atoms with E-state index in [1.54, 1.807) is 39.5 Å². The van der Waals surface area contributed by atoms with Gasteiger partial charge in [-0.1, -0.05) is 49.8 Å². The second-order valence-electron chi connectivity index (χ2n) is 12.4. The van der Waals surface area contributed by atoms with Crippen LogP contribution < -0.4 is 11.1 Å². The Kier molecular flexibility index (Phi) is 20.8. The lowest BCUT2D eigenvalue weighted by atomic mass is 10.1. The van der Waals surface area contributed by atoms with Gasteiger partial charge in [0, 0.05) is 37.7 Å². The van der Waals surface area contributed by atoms with Gasteiger partial charge in [-0.2, -0.15) is 8.62 Å². The minimum absolute atomic E-state index is 0.0587. The smallest absolute Gasteiger partial charge is 0.450 e. The van der Waals surface area contributed by atoms with Crippen molar-refractivity contribution in [2.45, 2.75) is 69.6 Å². The molecule has 57 heavy (non-hydrogen) atoms. The molecule has 0 bridgehead atoms. The Morgan fingerprint density at radius 1 is 1.16 bits per heavy atom. The van der Waals surface area contributed by atoms with E-state index >= 15 is 0 Å². The molecule has 7 N–H and O–H groups in total. The molecule has 0 aliphatic carbocycles. The molecule has 2 aromatic heterocycles. The van der Waals surface area contributed by atoms with Crippen LogP contribution in [0.25, 0.3) is 11.0 Å². The number of carbonyl (C=O) groups excluding carboxylic acids is 1. The molecule has 2 aromatic rings. The van der Waals surface area contributed by atoms with Crippen molar-refractivity contribution >= 4 is 88.6 Å². The number of nitrogens with zero attached hydrogens (tertiary/aromatic N) is 3. The fraction of sp³-hybridized carbons (Fsp3) is 0.690. The number of nitrogens with one attached hydrogen (secondary N) is 1. The maximum absolute atomic E-state index is 12.4. The number of aromatic nitrogens is 3. The first-order valence-corrected chi connectivity index (χ1v) is 26.4. The van der Waals surface area contributed by atoms with E-state index in [0.717, 1.165) is 12.8 Å². The molecule has 0 radical (unpaired) electrons. The molecule has 1 amide bonds. The zero-order valence-electron chi connectivity index (χ0n) is 31.5. The second-order valence-corrected chi connectivity index (χ2v) is 22.9. The second kappa shape index (κ2) is 23.7. The van der Waals surface area contributed by atoms with Gasteiger partial charge < -0.3 is 58.9 Å². The number of nitrogens with two attached hydrogens (primary N) is 1. The molecule has 0 aromatic carbocycles. The van der Waals surface area contributed by atoms with Crippen molar-refractivity contribution in [3.05, 3.63) is 18.1 Å². The fourth-order valence-corrected chi connectivity index (χ4v) is 10.7. The van der Waals surface area contributed by atoms with Crippen molar-refractivity contribution in [3.63, 3.8) is 0 Å². The molecule has 1 aliphatic rings. The van der Waals surface area contributed by atoms with Crippen LogP contribution >= 0.6 is 45.1 Å². The van der Waals surface area contributed by atoms with E-state index in [1.165, 1.54) is 6.33 Å². The number of unbranched alkanes of at least 4 members (excludes halogenated alkanes) is 1. The standard InChI is InChI=1S/C29H48N5O16P3S4/c1-5-57(54)20-46-22-15-24(48-23(22)17-47-52(39,40)50-53(41,42)49-51(36,37)38)34-16-21(25-26(30)32-18-33-27(25)34)9-8-11-31-28(35)45-13-7-6-12-44-19-55-56-29(2,3)10-14-43-4/h16,18,22-24H,5-7,10-15,17,19-20H2,1-4H3,(H,31,35)(H,39,40)(H,41,42)(H2,30,32,33)(H2,36,37,38)/t22-,23+,24+,57?/m0/s1. The van der Waals surface area contributed by atoms with Crippen LogP contribution in [0.3, 0.4) is 0 Å². The molecule has 1 aliphatic heterocycles. The third kappa shape index (κ3) is 18.5. The predicted octanol–water partition coefficient (Wildman–Crippen LogP) is 4.12. The summed E-state index contributed by atoms with van der Waals surface area (Å²) in [6.45, 7) is 6.85. The highest BCUT2D eigenvalue weighted by Crippen LogP contribution is 2.66. The highest BCUT2D eigenvalue weighted by Gasteiger charge is 2.44. The first kappa shape index (κ1) is 50.1. The lowest BCUT2D eigenvalue weighted by Gasteiger charge is -2.22. The highest BCUT2D eigenvalue weighted by molar-refractivity contribution is 8.77. The number of hydrogen-bond donors (Lipinski definition) is 6. The molecule has 21 nitrogen and oxygen atoms in total. The van der Waals surface area contributed by atoms with Gasteiger partial charge in [-0.15, -0.1) is 0 Å². The van der Waals surface area contributed by atoms with Crippen molar-refractivity contribution in [3.8, 4) is 11.8 Å². The monoisotopic (exact) mass is 943 g/mol. The number of ether oxygens (including phenoxy) is 5. The first-order valence-electron chi connectivity index (χ1n) is 17.0. The maximum Gasteiger partial charge on any atom is 0.490 e. The van der Waals surface area contributed by atoms with Crippen LogP contribution in [0, 0.1) is 11.8 Å². The van der Waals surface area contributed by atoms with E-state index in [2.05, 4.69) is 49.6 Å². The Labute approximate surface area is 344 Å². The van der Waals surface area contributed by atoms with Gasteiger partial charge in [0.2, 0.25) is 0 Å². The first-order chi connectivity index (χ1) is 26.7. The number of alkyl carbamates (subject to hydrolysis) is 1. The van der Waals surface area contributed by atoms with Gasteiger partial charge in [0.25, 0.3) is 0 Å². The normalized spacial score (nSPS) is 20.0. The fourth-order valence-electron chi connectivity index (χ4n) is 4.78. The number of rotatable bonds is 25. The molecule has 6 atom stereocenters. The van der Waals surface area contributed by atoms with E-state index in [0.29, 0.717) is 47.9 Å². The summed E-state index contributed by atoms with van der Waals surface area (Å²) in [6, 6.07) is 0. The molecular formula is C29H48N5O16P3S4. The number of phosphoric ester groups is 1. The zero-order chi connectivity index (χ0) is 42.3. The van der Waals surface area contributed by atoms with Crippen molar-refractivity contribution < 1.29 is 74.9 Å². The summed E-state index contributed by atoms with van der Waals surface area (Å²) in [5.74, 6) is 7.22. The van der Waals surface area contributed by atoms with Crippen LogP contribution in [0.15, 0.2) is 12.5 Å². The van der Waals surface area contributed by atoms with Gasteiger partial charge >= 0.3 is 29.6 Å². The number of methoxy groups -OCH3 is 1. The molecule has 3 heterocycles. The summed E-state index contributed by atoms with van der Waals surface area (Å²) >= 11 is 5.37. The third-order valence-electron chi connectivity index (χ3n) is 7.47. The summed E-state index contributed by atoms with van der Waals surface area (Å²) < 4.78 is 77.4. The Morgan fingerprint density at radius 2 is 1.89 bits per heavy atom. The summed E-state index contributed by atoms with van der Waals surface area (Å²) in [5, 5.41) is 2.96. The van der Waals surface area contributed by atoms with Gasteiger partial charge in [0.15, 0.2) is 0 Å². The van der Waals surface area contributed by atoms with Gasteiger partial charge in [-0.3, -0.25) is 4.52 Å².